The monoisotopic (exact) mass is 440 g/mol. The highest BCUT2D eigenvalue weighted by Gasteiger charge is 2.54. The topological polar surface area (TPSA) is 40.6 Å². The molecule has 0 radical (unpaired) electrons. The summed E-state index contributed by atoms with van der Waals surface area (Å²) in [5.41, 5.74) is 2.37. The lowest BCUT2D eigenvalue weighted by atomic mass is 9.89. The Morgan fingerprint density at radius 3 is 1.91 bits per heavy atom. The van der Waals surface area contributed by atoms with E-state index < -0.39 is 6.04 Å². The molecule has 2 amide bonds. The summed E-state index contributed by atoms with van der Waals surface area (Å²) >= 11 is 0. The third-order valence-electron chi connectivity index (χ3n) is 6.40. The van der Waals surface area contributed by atoms with E-state index in [1.807, 2.05) is 101 Å². The predicted molar refractivity (Wildman–Crippen MR) is 131 cm³/mol. The van der Waals surface area contributed by atoms with Gasteiger partial charge in [-0.25, -0.2) is 0 Å². The Hall–Kier alpha value is -3.40. The van der Waals surface area contributed by atoms with Gasteiger partial charge in [-0.15, -0.1) is 0 Å². The van der Waals surface area contributed by atoms with Crippen LogP contribution >= 0.6 is 0 Å². The molecule has 4 rings (SSSR count). The zero-order valence-corrected chi connectivity index (χ0v) is 19.8. The molecule has 1 aliphatic rings. The number of carbonyl (C=O) groups is 2. The smallest absolute Gasteiger partial charge is 0.256 e. The maximum atomic E-state index is 14.1. The first-order valence-electron chi connectivity index (χ1n) is 11.6. The van der Waals surface area contributed by atoms with Gasteiger partial charge in [0.2, 0.25) is 5.91 Å². The van der Waals surface area contributed by atoms with Crippen molar-refractivity contribution in [2.75, 3.05) is 0 Å². The summed E-state index contributed by atoms with van der Waals surface area (Å²) < 4.78 is 0. The molecular weight excluding hydrogens is 408 g/mol. The summed E-state index contributed by atoms with van der Waals surface area (Å²) in [6, 6.07) is 28.6. The van der Waals surface area contributed by atoms with Crippen LogP contribution < -0.4 is 0 Å². The van der Waals surface area contributed by atoms with Crippen molar-refractivity contribution in [2.45, 2.75) is 52.4 Å². The fraction of sp³-hybridized carbons (Fsp3) is 0.310. The molecule has 3 atom stereocenters. The van der Waals surface area contributed by atoms with E-state index in [1.165, 1.54) is 0 Å². The maximum Gasteiger partial charge on any atom is 0.256 e. The highest BCUT2D eigenvalue weighted by atomic mass is 16.2. The highest BCUT2D eigenvalue weighted by Crippen LogP contribution is 2.41. The van der Waals surface area contributed by atoms with Crippen LogP contribution in [0.1, 0.15) is 55.2 Å². The molecule has 0 spiro atoms. The molecule has 0 aromatic heterocycles. The molecule has 0 saturated carbocycles. The van der Waals surface area contributed by atoms with Crippen LogP contribution in [0.3, 0.4) is 0 Å². The molecule has 3 aromatic carbocycles. The molecule has 0 bridgehead atoms. The summed E-state index contributed by atoms with van der Waals surface area (Å²) in [7, 11) is 0. The quantitative estimate of drug-likeness (QED) is 0.509. The predicted octanol–water partition coefficient (Wildman–Crippen LogP) is 5.72. The number of hydrogen-bond donors (Lipinski definition) is 0. The minimum absolute atomic E-state index is 0.000544. The van der Waals surface area contributed by atoms with Gasteiger partial charge in [0.15, 0.2) is 0 Å². The lowest BCUT2D eigenvalue weighted by Gasteiger charge is -2.42. The molecule has 0 N–H and O–H groups in total. The molecule has 1 saturated heterocycles. The van der Waals surface area contributed by atoms with E-state index in [0.29, 0.717) is 12.0 Å². The van der Waals surface area contributed by atoms with Crippen molar-refractivity contribution in [1.82, 2.24) is 9.80 Å². The standard InChI is InChI=1S/C29H32N2O2/c1-21(23-16-10-6-11-17-23)30-27(33)25(20-22-14-8-5-9-15-22)31(28(30)29(2,3)4)26(32)24-18-12-7-13-19-24/h5-19,21,25,28H,20H2,1-4H3/t21-,25+,28+/m0/s1. The molecule has 4 nitrogen and oxygen atoms in total. The molecule has 33 heavy (non-hydrogen) atoms. The fourth-order valence-corrected chi connectivity index (χ4v) is 4.85. The molecule has 1 fully saturated rings. The number of rotatable bonds is 5. The van der Waals surface area contributed by atoms with Crippen LogP contribution in [0.5, 0.6) is 0 Å². The van der Waals surface area contributed by atoms with Crippen LogP contribution in [-0.2, 0) is 11.2 Å². The minimum Gasteiger partial charge on any atom is -0.313 e. The van der Waals surface area contributed by atoms with E-state index in [-0.39, 0.29) is 29.4 Å². The van der Waals surface area contributed by atoms with E-state index in [4.69, 9.17) is 0 Å². The van der Waals surface area contributed by atoms with Crippen LogP contribution in [-0.4, -0.2) is 33.8 Å². The first kappa shape index (κ1) is 22.8. The van der Waals surface area contributed by atoms with Crippen LogP contribution in [0.15, 0.2) is 91.0 Å². The van der Waals surface area contributed by atoms with Crippen molar-refractivity contribution in [3.05, 3.63) is 108 Å². The number of hydrogen-bond acceptors (Lipinski definition) is 2. The van der Waals surface area contributed by atoms with Gasteiger partial charge < -0.3 is 9.80 Å². The first-order chi connectivity index (χ1) is 15.8. The van der Waals surface area contributed by atoms with Gasteiger partial charge in [0, 0.05) is 17.4 Å². The van der Waals surface area contributed by atoms with Crippen LogP contribution in [0.25, 0.3) is 0 Å². The Morgan fingerprint density at radius 2 is 1.36 bits per heavy atom. The average Bonchev–Trinajstić information content (AvgIpc) is 3.12. The lowest BCUT2D eigenvalue weighted by molar-refractivity contribution is -0.133. The second-order valence-corrected chi connectivity index (χ2v) is 9.86. The lowest BCUT2D eigenvalue weighted by Crippen LogP contribution is -2.52. The summed E-state index contributed by atoms with van der Waals surface area (Å²) in [4.78, 5) is 31.7. The van der Waals surface area contributed by atoms with E-state index in [1.54, 1.807) is 0 Å². The van der Waals surface area contributed by atoms with Gasteiger partial charge in [-0.05, 0) is 30.2 Å². The van der Waals surface area contributed by atoms with Gasteiger partial charge >= 0.3 is 0 Å². The highest BCUT2D eigenvalue weighted by molar-refractivity contribution is 6.00. The van der Waals surface area contributed by atoms with Gasteiger partial charge in [0.25, 0.3) is 5.91 Å². The first-order valence-corrected chi connectivity index (χ1v) is 11.6. The van der Waals surface area contributed by atoms with E-state index in [2.05, 4.69) is 27.7 Å². The van der Waals surface area contributed by atoms with Gasteiger partial charge in [-0.3, -0.25) is 9.59 Å². The normalized spacial score (nSPS) is 19.6. The third-order valence-corrected chi connectivity index (χ3v) is 6.40. The summed E-state index contributed by atoms with van der Waals surface area (Å²) in [6.45, 7) is 8.37. The average molecular weight is 441 g/mol. The Labute approximate surface area is 196 Å². The van der Waals surface area contributed by atoms with Gasteiger partial charge in [0.1, 0.15) is 12.2 Å². The molecule has 0 unspecified atom stereocenters. The molecule has 1 heterocycles. The minimum atomic E-state index is -0.560. The molecule has 3 aromatic rings. The van der Waals surface area contributed by atoms with Crippen LogP contribution in [0, 0.1) is 5.41 Å². The Morgan fingerprint density at radius 1 is 0.848 bits per heavy atom. The van der Waals surface area contributed by atoms with Crippen molar-refractivity contribution >= 4 is 11.8 Å². The zero-order valence-electron chi connectivity index (χ0n) is 19.8. The zero-order chi connectivity index (χ0) is 23.6. The van der Waals surface area contributed by atoms with Gasteiger partial charge in [-0.1, -0.05) is 99.6 Å². The van der Waals surface area contributed by atoms with Crippen molar-refractivity contribution < 1.29 is 9.59 Å². The van der Waals surface area contributed by atoms with Crippen molar-refractivity contribution in [3.63, 3.8) is 0 Å². The Balaban J connectivity index is 1.82. The van der Waals surface area contributed by atoms with E-state index in [0.717, 1.165) is 11.1 Å². The van der Waals surface area contributed by atoms with E-state index >= 15 is 0 Å². The van der Waals surface area contributed by atoms with Crippen molar-refractivity contribution in [1.29, 1.82) is 0 Å². The van der Waals surface area contributed by atoms with Gasteiger partial charge in [0.05, 0.1) is 6.04 Å². The van der Waals surface area contributed by atoms with E-state index in [9.17, 15) is 9.59 Å². The molecule has 1 aliphatic heterocycles. The molecular formula is C29H32N2O2. The van der Waals surface area contributed by atoms with Crippen molar-refractivity contribution in [3.8, 4) is 0 Å². The second-order valence-electron chi connectivity index (χ2n) is 9.86. The SMILES string of the molecule is C[C@@H](c1ccccc1)N1C(=O)[C@@H](Cc2ccccc2)N(C(=O)c2ccccc2)[C@@H]1C(C)(C)C. The largest absolute Gasteiger partial charge is 0.313 e. The second kappa shape index (κ2) is 9.22. The maximum absolute atomic E-state index is 14.1. The Kier molecular flexibility index (Phi) is 6.37. The molecule has 0 aliphatic carbocycles. The summed E-state index contributed by atoms with van der Waals surface area (Å²) in [6.07, 6.45) is 0.115. The number of amides is 2. The molecule has 170 valence electrons. The number of carbonyl (C=O) groups excluding carboxylic acids is 2. The van der Waals surface area contributed by atoms with Crippen LogP contribution in [0.2, 0.25) is 0 Å². The van der Waals surface area contributed by atoms with Gasteiger partial charge in [-0.2, -0.15) is 0 Å². The molecule has 4 heteroatoms. The fourth-order valence-electron chi connectivity index (χ4n) is 4.85. The number of nitrogens with zero attached hydrogens (tertiary/aromatic N) is 2. The summed E-state index contributed by atoms with van der Waals surface area (Å²) in [5.74, 6) is -0.105. The third kappa shape index (κ3) is 4.56. The van der Waals surface area contributed by atoms with Crippen molar-refractivity contribution in [2.24, 2.45) is 5.41 Å². The van der Waals surface area contributed by atoms with Crippen LogP contribution in [0.4, 0.5) is 0 Å². The number of benzene rings is 3. The summed E-state index contributed by atoms with van der Waals surface area (Å²) in [5, 5.41) is 0. The Bertz CT molecular complexity index is 1090.